The van der Waals surface area contributed by atoms with Crippen molar-refractivity contribution in [3.8, 4) is 0 Å². The van der Waals surface area contributed by atoms with Crippen molar-refractivity contribution in [1.82, 2.24) is 9.80 Å². The fraction of sp³-hybridized carbons (Fsp3) is 0.727. The van der Waals surface area contributed by atoms with Crippen LogP contribution in [-0.4, -0.2) is 47.8 Å². The third-order valence-electron chi connectivity index (χ3n) is 3.26. The van der Waals surface area contributed by atoms with Crippen LogP contribution in [0.5, 0.6) is 0 Å². The summed E-state index contributed by atoms with van der Waals surface area (Å²) in [6.07, 6.45) is 6.10. The van der Waals surface area contributed by atoms with E-state index in [-0.39, 0.29) is 6.04 Å². The Labute approximate surface area is 89.5 Å². The maximum Gasteiger partial charge on any atom is 0.317 e. The van der Waals surface area contributed by atoms with Crippen molar-refractivity contribution in [2.75, 3.05) is 19.6 Å². The van der Waals surface area contributed by atoms with Crippen LogP contribution in [0.3, 0.4) is 0 Å². The molecule has 1 unspecified atom stereocenters. The second-order valence-electron chi connectivity index (χ2n) is 4.13. The van der Waals surface area contributed by atoms with Gasteiger partial charge in [0.05, 0.1) is 6.04 Å². The van der Waals surface area contributed by atoms with Crippen molar-refractivity contribution < 1.29 is 9.59 Å². The Bertz CT molecular complexity index is 291. The number of rotatable bonds is 2. The van der Waals surface area contributed by atoms with Crippen molar-refractivity contribution in [1.29, 1.82) is 0 Å². The number of hydrogen-bond donors (Lipinski definition) is 0. The van der Waals surface area contributed by atoms with Gasteiger partial charge in [-0.2, -0.15) is 0 Å². The molecule has 2 aliphatic rings. The Balaban J connectivity index is 2.15. The molecule has 2 saturated heterocycles. The van der Waals surface area contributed by atoms with Crippen LogP contribution in [0.1, 0.15) is 25.7 Å². The zero-order valence-corrected chi connectivity index (χ0v) is 8.74. The monoisotopic (exact) mass is 207 g/mol. The van der Waals surface area contributed by atoms with Gasteiger partial charge in [0, 0.05) is 6.54 Å². The zero-order valence-electron chi connectivity index (χ0n) is 8.74. The van der Waals surface area contributed by atoms with Crippen LogP contribution in [-0.2, 0) is 9.59 Å². The smallest absolute Gasteiger partial charge is 0.297 e. The highest BCUT2D eigenvalue weighted by molar-refractivity contribution is 5.63. The standard InChI is InChI=1S/C11H15N2O2/c14-8-11-10(12-5-1-2-6-12)4-3-7-13(11)9-15/h10H,1-7H2. The quantitative estimate of drug-likeness (QED) is 0.613. The lowest BCUT2D eigenvalue weighted by Gasteiger charge is -2.35. The summed E-state index contributed by atoms with van der Waals surface area (Å²) in [5, 5.41) is 0. The molecule has 0 aromatic rings. The molecule has 15 heavy (non-hydrogen) atoms. The molecule has 0 saturated carbocycles. The maximum atomic E-state index is 10.9. The fourth-order valence-corrected chi connectivity index (χ4v) is 2.51. The predicted octanol–water partition coefficient (Wildman–Crippen LogP) is 0.329. The van der Waals surface area contributed by atoms with Crippen LogP contribution in [0.4, 0.5) is 0 Å². The average Bonchev–Trinajstić information content (AvgIpc) is 2.81. The van der Waals surface area contributed by atoms with Gasteiger partial charge in [-0.15, -0.1) is 0 Å². The Kier molecular flexibility index (Phi) is 3.19. The molecule has 0 aromatic carbocycles. The number of hydrogen-bond acceptors (Lipinski definition) is 3. The van der Waals surface area contributed by atoms with E-state index in [0.29, 0.717) is 12.2 Å². The van der Waals surface area contributed by atoms with Crippen molar-refractivity contribution in [2.24, 2.45) is 0 Å². The highest BCUT2D eigenvalue weighted by Gasteiger charge is 2.32. The first-order valence-electron chi connectivity index (χ1n) is 5.51. The first kappa shape index (κ1) is 10.4. The topological polar surface area (TPSA) is 40.6 Å². The molecule has 81 valence electrons. The lowest BCUT2D eigenvalue weighted by molar-refractivity contribution is 0.200. The highest BCUT2D eigenvalue weighted by atomic mass is 16.1. The van der Waals surface area contributed by atoms with E-state index < -0.39 is 0 Å². The second kappa shape index (κ2) is 4.60. The minimum atomic E-state index is 0.0974. The SMILES string of the molecule is O=[C]N1CCCC(N2CCCC2)C1=C=O. The molecule has 2 heterocycles. The summed E-state index contributed by atoms with van der Waals surface area (Å²) in [6, 6.07) is 0.0974. The Hall–Kier alpha value is -1.12. The van der Waals surface area contributed by atoms with Crippen LogP contribution >= 0.6 is 0 Å². The van der Waals surface area contributed by atoms with Gasteiger partial charge in [-0.05, 0) is 38.8 Å². The molecule has 1 atom stereocenters. The minimum Gasteiger partial charge on any atom is -0.297 e. The van der Waals surface area contributed by atoms with Gasteiger partial charge < -0.3 is 0 Å². The van der Waals surface area contributed by atoms with Crippen LogP contribution < -0.4 is 0 Å². The van der Waals surface area contributed by atoms with Gasteiger partial charge in [0.2, 0.25) is 0 Å². The van der Waals surface area contributed by atoms with Gasteiger partial charge in [-0.25, -0.2) is 4.79 Å². The largest absolute Gasteiger partial charge is 0.317 e. The third kappa shape index (κ3) is 1.96. The summed E-state index contributed by atoms with van der Waals surface area (Å²) in [5.74, 6) is 1.92. The molecule has 0 N–H and O–H groups in total. The van der Waals surface area contributed by atoms with Crippen molar-refractivity contribution >= 4 is 12.4 Å². The number of piperidine rings is 1. The molecule has 0 aliphatic carbocycles. The summed E-state index contributed by atoms with van der Waals surface area (Å²) in [6.45, 7) is 2.67. The van der Waals surface area contributed by atoms with Crippen LogP contribution in [0.2, 0.25) is 0 Å². The third-order valence-corrected chi connectivity index (χ3v) is 3.26. The van der Waals surface area contributed by atoms with Gasteiger partial charge in [0.1, 0.15) is 11.6 Å². The van der Waals surface area contributed by atoms with Crippen LogP contribution in [0.25, 0.3) is 0 Å². The van der Waals surface area contributed by atoms with E-state index in [9.17, 15) is 9.59 Å². The molecule has 0 spiro atoms. The first-order chi connectivity index (χ1) is 7.36. The number of nitrogens with zero attached hydrogens (tertiary/aromatic N) is 2. The Morgan fingerprint density at radius 1 is 1.07 bits per heavy atom. The summed E-state index contributed by atoms with van der Waals surface area (Å²) >= 11 is 0. The Morgan fingerprint density at radius 3 is 2.40 bits per heavy atom. The van der Waals surface area contributed by atoms with E-state index >= 15 is 0 Å². The Morgan fingerprint density at radius 2 is 1.80 bits per heavy atom. The number of amides is 1. The molecule has 4 heteroatoms. The molecular weight excluding hydrogens is 192 g/mol. The maximum absolute atomic E-state index is 10.9. The lowest BCUT2D eigenvalue weighted by atomic mass is 10.0. The van der Waals surface area contributed by atoms with Gasteiger partial charge >= 0.3 is 6.41 Å². The van der Waals surface area contributed by atoms with E-state index in [0.717, 1.165) is 25.9 Å². The van der Waals surface area contributed by atoms with Gasteiger partial charge in [-0.1, -0.05) is 0 Å². The van der Waals surface area contributed by atoms with Crippen LogP contribution in [0.15, 0.2) is 5.70 Å². The number of likely N-dealkylation sites (tertiary alicyclic amines) is 2. The van der Waals surface area contributed by atoms with Crippen molar-refractivity contribution in [2.45, 2.75) is 31.7 Å². The first-order valence-corrected chi connectivity index (χ1v) is 5.51. The number of carbonyl (C=O) groups excluding carboxylic acids is 2. The van der Waals surface area contributed by atoms with Gasteiger partial charge in [-0.3, -0.25) is 14.6 Å². The molecule has 1 radical (unpaired) electrons. The molecule has 4 nitrogen and oxygen atoms in total. The van der Waals surface area contributed by atoms with E-state index in [4.69, 9.17) is 0 Å². The van der Waals surface area contributed by atoms with E-state index in [2.05, 4.69) is 4.90 Å². The molecule has 0 bridgehead atoms. The normalized spacial score (nSPS) is 27.9. The summed E-state index contributed by atoms with van der Waals surface area (Å²) < 4.78 is 0. The fourth-order valence-electron chi connectivity index (χ4n) is 2.51. The van der Waals surface area contributed by atoms with Crippen molar-refractivity contribution in [3.63, 3.8) is 0 Å². The lowest BCUT2D eigenvalue weighted by Crippen LogP contribution is -2.44. The molecule has 0 aromatic heterocycles. The molecule has 1 amide bonds. The van der Waals surface area contributed by atoms with Crippen LogP contribution in [0, 0.1) is 0 Å². The predicted molar refractivity (Wildman–Crippen MR) is 55.4 cm³/mol. The summed E-state index contributed by atoms with van der Waals surface area (Å²) in [5.41, 5.74) is 0.484. The molecule has 2 aliphatic heterocycles. The van der Waals surface area contributed by atoms with Gasteiger partial charge in [0.25, 0.3) is 0 Å². The summed E-state index contributed by atoms with van der Waals surface area (Å²) in [7, 11) is 0. The minimum absolute atomic E-state index is 0.0974. The highest BCUT2D eigenvalue weighted by Crippen LogP contribution is 2.25. The average molecular weight is 207 g/mol. The summed E-state index contributed by atoms with van der Waals surface area (Å²) in [4.78, 5) is 25.2. The molecule has 2 fully saturated rings. The molecule has 2 rings (SSSR count). The second-order valence-corrected chi connectivity index (χ2v) is 4.13. The molecular formula is C11H15N2O2. The van der Waals surface area contributed by atoms with E-state index in [1.165, 1.54) is 17.7 Å². The van der Waals surface area contributed by atoms with E-state index in [1.54, 1.807) is 0 Å². The van der Waals surface area contributed by atoms with Crippen molar-refractivity contribution in [3.05, 3.63) is 5.70 Å². The van der Waals surface area contributed by atoms with E-state index in [1.807, 2.05) is 12.4 Å². The zero-order chi connectivity index (χ0) is 10.7. The van der Waals surface area contributed by atoms with Gasteiger partial charge in [0.15, 0.2) is 0 Å².